The highest BCUT2D eigenvalue weighted by Gasteiger charge is 2.20. The van der Waals surface area contributed by atoms with E-state index in [0.29, 0.717) is 35.3 Å². The third-order valence-electron chi connectivity index (χ3n) is 3.36. The number of ether oxygens (including phenoxy) is 2. The Morgan fingerprint density at radius 3 is 1.31 bits per heavy atom. The summed E-state index contributed by atoms with van der Waals surface area (Å²) in [6.45, 7) is 1.99. The van der Waals surface area contributed by atoms with Gasteiger partial charge in [-0.1, -0.05) is 12.1 Å². The molecule has 0 aliphatic heterocycles. The van der Waals surface area contributed by atoms with E-state index in [2.05, 4.69) is 0 Å². The van der Waals surface area contributed by atoms with Gasteiger partial charge >= 0.3 is 11.9 Å². The predicted octanol–water partition coefficient (Wildman–Crippen LogP) is -4.58. The van der Waals surface area contributed by atoms with Crippen LogP contribution in [-0.2, 0) is 9.47 Å². The zero-order valence-corrected chi connectivity index (χ0v) is 20.7. The minimum Gasteiger partial charge on any atom is -1.00 e. The summed E-state index contributed by atoms with van der Waals surface area (Å²) in [6, 6.07) is 6.59. The molecule has 8 heteroatoms. The summed E-state index contributed by atoms with van der Waals surface area (Å²) in [5.74, 6) is -0.995. The smallest absolute Gasteiger partial charge is 0.339 e. The zero-order valence-electron chi connectivity index (χ0n) is 16.4. The van der Waals surface area contributed by atoms with Crippen molar-refractivity contribution in [3.05, 3.63) is 35.4 Å². The molecular formula is C18H30I2N2O4. The average molecular weight is 592 g/mol. The van der Waals surface area contributed by atoms with Crippen molar-refractivity contribution in [3.8, 4) is 0 Å². The fourth-order valence-corrected chi connectivity index (χ4v) is 1.82. The summed E-state index contributed by atoms with van der Waals surface area (Å²) < 4.78 is 12.0. The third-order valence-corrected chi connectivity index (χ3v) is 3.36. The van der Waals surface area contributed by atoms with Crippen molar-refractivity contribution < 1.29 is 76.0 Å². The molecule has 0 aliphatic rings. The Bertz CT molecular complexity index is 530. The molecule has 0 amide bonds. The first-order chi connectivity index (χ1) is 11.0. The second-order valence-corrected chi connectivity index (χ2v) is 7.85. The number of halogens is 2. The molecule has 1 rings (SSSR count). The Morgan fingerprint density at radius 2 is 1.04 bits per heavy atom. The molecule has 0 radical (unpaired) electrons. The summed E-state index contributed by atoms with van der Waals surface area (Å²) >= 11 is 0. The van der Waals surface area contributed by atoms with Gasteiger partial charge in [0.05, 0.1) is 53.4 Å². The van der Waals surface area contributed by atoms with Crippen LogP contribution in [0.25, 0.3) is 0 Å². The molecule has 0 N–H and O–H groups in total. The Morgan fingerprint density at radius 1 is 0.731 bits per heavy atom. The van der Waals surface area contributed by atoms with Crippen LogP contribution < -0.4 is 48.0 Å². The Kier molecular flexibility index (Phi) is 12.9. The lowest BCUT2D eigenvalue weighted by molar-refractivity contribution is -0.870. The van der Waals surface area contributed by atoms with E-state index in [1.54, 1.807) is 24.3 Å². The predicted molar refractivity (Wildman–Crippen MR) is 92.8 cm³/mol. The van der Waals surface area contributed by atoms with E-state index in [1.165, 1.54) is 0 Å². The SMILES string of the molecule is C[N+](C)(C)CCOC(=O)c1ccccc1C(=O)OCC[N+](C)(C)C.[I-].[I-]. The van der Waals surface area contributed by atoms with E-state index >= 15 is 0 Å². The van der Waals surface area contributed by atoms with Crippen molar-refractivity contribution in [1.82, 2.24) is 0 Å². The summed E-state index contributed by atoms with van der Waals surface area (Å²) in [7, 11) is 12.1. The van der Waals surface area contributed by atoms with E-state index in [-0.39, 0.29) is 59.1 Å². The Labute approximate surface area is 191 Å². The van der Waals surface area contributed by atoms with E-state index in [0.717, 1.165) is 0 Å². The van der Waals surface area contributed by atoms with Crippen molar-refractivity contribution in [1.29, 1.82) is 0 Å². The minimum absolute atomic E-state index is 0. The van der Waals surface area contributed by atoms with Gasteiger partial charge in [-0.2, -0.15) is 0 Å². The van der Waals surface area contributed by atoms with Gasteiger partial charge < -0.3 is 66.4 Å². The molecule has 0 spiro atoms. The van der Waals surface area contributed by atoms with Gasteiger partial charge in [-0.25, -0.2) is 9.59 Å². The fourth-order valence-electron chi connectivity index (χ4n) is 1.82. The van der Waals surface area contributed by atoms with Crippen LogP contribution >= 0.6 is 0 Å². The second-order valence-electron chi connectivity index (χ2n) is 7.85. The number of hydrogen-bond acceptors (Lipinski definition) is 4. The summed E-state index contributed by atoms with van der Waals surface area (Å²) in [5, 5.41) is 0. The molecule has 0 saturated carbocycles. The normalized spacial score (nSPS) is 11.0. The van der Waals surface area contributed by atoms with Crippen LogP contribution in [0.3, 0.4) is 0 Å². The number of likely N-dealkylation sites (N-methyl/N-ethyl adjacent to an activating group) is 2. The van der Waals surface area contributed by atoms with Crippen LogP contribution in [0.4, 0.5) is 0 Å². The van der Waals surface area contributed by atoms with Gasteiger partial charge in [0, 0.05) is 0 Å². The van der Waals surface area contributed by atoms with Gasteiger partial charge in [-0.15, -0.1) is 0 Å². The lowest BCUT2D eigenvalue weighted by Crippen LogP contribution is -3.00. The number of esters is 2. The van der Waals surface area contributed by atoms with Crippen molar-refractivity contribution in [2.45, 2.75) is 0 Å². The van der Waals surface area contributed by atoms with Crippen LogP contribution in [0, 0.1) is 0 Å². The minimum atomic E-state index is -0.498. The largest absolute Gasteiger partial charge is 1.00 e. The lowest BCUT2D eigenvalue weighted by Gasteiger charge is -2.23. The third kappa shape index (κ3) is 11.3. The number of nitrogens with zero attached hydrogens (tertiary/aromatic N) is 2. The van der Waals surface area contributed by atoms with Crippen molar-refractivity contribution >= 4 is 11.9 Å². The number of benzene rings is 1. The number of rotatable bonds is 8. The Hall–Kier alpha value is -0.460. The molecule has 0 aromatic heterocycles. The van der Waals surface area contributed by atoms with Crippen molar-refractivity contribution in [2.75, 3.05) is 68.6 Å². The van der Waals surface area contributed by atoms with Crippen LogP contribution in [0.5, 0.6) is 0 Å². The van der Waals surface area contributed by atoms with Crippen LogP contribution in [-0.4, -0.2) is 89.5 Å². The lowest BCUT2D eigenvalue weighted by atomic mass is 10.1. The molecule has 0 heterocycles. The molecule has 0 saturated heterocycles. The molecule has 26 heavy (non-hydrogen) atoms. The van der Waals surface area contributed by atoms with Gasteiger partial charge in [-0.05, 0) is 12.1 Å². The van der Waals surface area contributed by atoms with Gasteiger partial charge in [0.1, 0.15) is 26.3 Å². The topological polar surface area (TPSA) is 52.6 Å². The molecular weight excluding hydrogens is 562 g/mol. The first-order valence-corrected chi connectivity index (χ1v) is 8.04. The van der Waals surface area contributed by atoms with Crippen LogP contribution in [0.1, 0.15) is 20.7 Å². The van der Waals surface area contributed by atoms with E-state index < -0.39 is 11.9 Å². The fraction of sp³-hybridized carbons (Fsp3) is 0.556. The van der Waals surface area contributed by atoms with Gasteiger partial charge in [0.2, 0.25) is 0 Å². The van der Waals surface area contributed by atoms with E-state index in [4.69, 9.17) is 9.47 Å². The Balaban J connectivity index is 0. The molecule has 0 fully saturated rings. The number of quaternary nitrogens is 2. The molecule has 6 nitrogen and oxygen atoms in total. The summed E-state index contributed by atoms with van der Waals surface area (Å²) in [4.78, 5) is 24.5. The standard InChI is InChI=1S/C18H30N2O4.2HI/c1-19(2,3)11-13-23-17(21)15-9-7-8-10-16(15)18(22)24-14-12-20(4,5)6;;/h7-10H,11-14H2,1-6H3;2*1H/q+2;;/p-2. The monoisotopic (exact) mass is 592 g/mol. The van der Waals surface area contributed by atoms with Gasteiger partial charge in [0.25, 0.3) is 0 Å². The van der Waals surface area contributed by atoms with E-state index in [1.807, 2.05) is 42.3 Å². The van der Waals surface area contributed by atoms with Gasteiger partial charge in [0.15, 0.2) is 0 Å². The maximum Gasteiger partial charge on any atom is 0.339 e. The maximum absolute atomic E-state index is 12.2. The first-order valence-electron chi connectivity index (χ1n) is 8.04. The summed E-state index contributed by atoms with van der Waals surface area (Å²) in [5.41, 5.74) is 0.489. The second kappa shape index (κ2) is 12.1. The maximum atomic E-state index is 12.2. The molecule has 1 aromatic carbocycles. The van der Waals surface area contributed by atoms with Gasteiger partial charge in [-0.3, -0.25) is 0 Å². The van der Waals surface area contributed by atoms with Crippen LogP contribution in [0.2, 0.25) is 0 Å². The molecule has 150 valence electrons. The highest BCUT2D eigenvalue weighted by molar-refractivity contribution is 6.03. The van der Waals surface area contributed by atoms with Crippen LogP contribution in [0.15, 0.2) is 24.3 Å². The average Bonchev–Trinajstić information content (AvgIpc) is 2.44. The zero-order chi connectivity index (χ0) is 18.4. The number of hydrogen-bond donors (Lipinski definition) is 0. The highest BCUT2D eigenvalue weighted by Crippen LogP contribution is 2.12. The molecule has 1 aromatic rings. The number of carbonyl (C=O) groups is 2. The molecule has 0 bridgehead atoms. The van der Waals surface area contributed by atoms with Crippen molar-refractivity contribution in [2.24, 2.45) is 0 Å². The first kappa shape index (κ1) is 27.8. The quantitative estimate of drug-likeness (QED) is 0.174. The summed E-state index contributed by atoms with van der Waals surface area (Å²) in [6.07, 6.45) is 0. The molecule has 0 atom stereocenters. The highest BCUT2D eigenvalue weighted by atomic mass is 127. The van der Waals surface area contributed by atoms with Crippen molar-refractivity contribution in [3.63, 3.8) is 0 Å². The van der Waals surface area contributed by atoms with E-state index in [9.17, 15) is 9.59 Å². The molecule has 0 aliphatic carbocycles. The molecule has 0 unspecified atom stereocenters. The number of carbonyl (C=O) groups excluding carboxylic acids is 2.